The molecule has 0 bridgehead atoms. The van der Waals surface area contributed by atoms with E-state index in [0.29, 0.717) is 12.8 Å². The van der Waals surface area contributed by atoms with E-state index in [4.69, 9.17) is 25.2 Å². The van der Waals surface area contributed by atoms with E-state index in [9.17, 15) is 19.2 Å². The van der Waals surface area contributed by atoms with Gasteiger partial charge in [-0.05, 0) is 19.3 Å². The highest BCUT2D eigenvalue weighted by atomic mass is 16.5. The van der Waals surface area contributed by atoms with E-state index in [1.807, 2.05) is 0 Å². The fourth-order valence-electron chi connectivity index (χ4n) is 2.96. The first kappa shape index (κ1) is 21.8. The first-order chi connectivity index (χ1) is 12.2. The summed E-state index contributed by atoms with van der Waals surface area (Å²) in [5.74, 6) is -4.58. The Morgan fingerprint density at radius 1 is 0.692 bits per heavy atom. The number of aliphatic carboxylic acids is 4. The van der Waals surface area contributed by atoms with Crippen molar-refractivity contribution in [3.63, 3.8) is 0 Å². The molecule has 0 amide bonds. The van der Waals surface area contributed by atoms with Crippen LogP contribution in [-0.2, 0) is 23.9 Å². The minimum absolute atomic E-state index is 0.118. The van der Waals surface area contributed by atoms with Crippen LogP contribution in [0.25, 0.3) is 0 Å². The molecule has 11 nitrogen and oxygen atoms in total. The highest BCUT2D eigenvalue weighted by molar-refractivity contribution is 5.73. The van der Waals surface area contributed by atoms with Crippen LogP contribution >= 0.6 is 0 Å². The first-order valence-corrected chi connectivity index (χ1v) is 8.13. The van der Waals surface area contributed by atoms with Gasteiger partial charge in [0.05, 0.1) is 38.4 Å². The average molecular weight is 376 g/mol. The topological polar surface area (TPSA) is 165 Å². The first-order valence-electron chi connectivity index (χ1n) is 8.13. The molecule has 148 valence electrons. The van der Waals surface area contributed by atoms with Crippen LogP contribution in [-0.4, -0.2) is 106 Å². The van der Waals surface area contributed by atoms with Gasteiger partial charge in [0.1, 0.15) is 0 Å². The van der Waals surface area contributed by atoms with Crippen LogP contribution in [0.2, 0.25) is 0 Å². The summed E-state index contributed by atoms with van der Waals surface area (Å²) in [7, 11) is 0. The summed E-state index contributed by atoms with van der Waals surface area (Å²) >= 11 is 0. The molecule has 1 rings (SSSR count). The van der Waals surface area contributed by atoms with Crippen molar-refractivity contribution in [2.75, 3.05) is 39.3 Å². The maximum atomic E-state index is 10.9. The number of carboxylic acids is 4. The lowest BCUT2D eigenvalue weighted by molar-refractivity contribution is -0.143. The van der Waals surface area contributed by atoms with Crippen LogP contribution in [0.5, 0.6) is 0 Å². The third-order valence-corrected chi connectivity index (χ3v) is 3.80. The molecular formula is C15H24N2O9. The third kappa shape index (κ3) is 9.30. The summed E-state index contributed by atoms with van der Waals surface area (Å²) in [4.78, 5) is 45.9. The predicted molar refractivity (Wildman–Crippen MR) is 85.9 cm³/mol. The quantitative estimate of drug-likeness (QED) is 0.325. The Labute approximate surface area is 149 Å². The van der Waals surface area contributed by atoms with E-state index in [1.165, 1.54) is 9.80 Å². The van der Waals surface area contributed by atoms with Gasteiger partial charge in [-0.25, -0.2) is 0 Å². The molecule has 0 aliphatic carbocycles. The molecule has 0 spiro atoms. The fourth-order valence-corrected chi connectivity index (χ4v) is 2.96. The summed E-state index contributed by atoms with van der Waals surface area (Å²) in [6, 6.07) is 0. The van der Waals surface area contributed by atoms with Gasteiger partial charge in [0.25, 0.3) is 0 Å². The molecular weight excluding hydrogens is 352 g/mol. The zero-order valence-corrected chi connectivity index (χ0v) is 14.2. The summed E-state index contributed by atoms with van der Waals surface area (Å²) in [6.45, 7) is -1.48. The lowest BCUT2D eigenvalue weighted by Gasteiger charge is -2.35. The molecule has 0 aromatic heterocycles. The molecule has 1 heterocycles. The summed E-state index contributed by atoms with van der Waals surface area (Å²) in [5.41, 5.74) is 0. The number of nitrogens with zero attached hydrogens (tertiary/aromatic N) is 2. The van der Waals surface area contributed by atoms with Crippen LogP contribution in [0.4, 0.5) is 0 Å². The second-order valence-corrected chi connectivity index (χ2v) is 6.23. The second-order valence-electron chi connectivity index (χ2n) is 6.23. The Hall–Kier alpha value is -2.24. The van der Waals surface area contributed by atoms with Gasteiger partial charge in [-0.3, -0.25) is 29.0 Å². The van der Waals surface area contributed by atoms with Crippen LogP contribution in [0.15, 0.2) is 0 Å². The Morgan fingerprint density at radius 3 is 1.27 bits per heavy atom. The summed E-state index contributed by atoms with van der Waals surface area (Å²) in [6.07, 6.45) is 1.17. The van der Waals surface area contributed by atoms with Crippen molar-refractivity contribution in [3.8, 4) is 0 Å². The number of carbonyl (C=O) groups is 4. The molecule has 2 atom stereocenters. The van der Waals surface area contributed by atoms with Gasteiger partial charge in [-0.2, -0.15) is 0 Å². The predicted octanol–water partition coefficient (Wildman–Crippen LogP) is -1.13. The largest absolute Gasteiger partial charge is 0.480 e. The van der Waals surface area contributed by atoms with Crippen LogP contribution in [0, 0.1) is 0 Å². The van der Waals surface area contributed by atoms with Gasteiger partial charge in [-0.1, -0.05) is 0 Å². The Morgan fingerprint density at radius 2 is 1.00 bits per heavy atom. The molecule has 2 unspecified atom stereocenters. The number of ether oxygens (including phenoxy) is 1. The molecule has 11 heteroatoms. The molecule has 1 aliphatic rings. The SMILES string of the molecule is O=C(O)CN(CC(=O)O)CC1CCCC(CN(CC(=O)O)CC(=O)O)O1. The minimum Gasteiger partial charge on any atom is -0.480 e. The lowest BCUT2D eigenvalue weighted by Crippen LogP contribution is -2.46. The summed E-state index contributed by atoms with van der Waals surface area (Å²) < 4.78 is 5.82. The monoisotopic (exact) mass is 376 g/mol. The van der Waals surface area contributed by atoms with Gasteiger partial charge in [0.2, 0.25) is 0 Å². The number of rotatable bonds is 12. The summed E-state index contributed by atoms with van der Waals surface area (Å²) in [5, 5.41) is 35.5. The Kier molecular flexibility index (Phi) is 8.96. The second kappa shape index (κ2) is 10.7. The molecule has 0 saturated carbocycles. The van der Waals surface area contributed by atoms with Gasteiger partial charge in [0, 0.05) is 13.1 Å². The lowest BCUT2D eigenvalue weighted by atomic mass is 10.0. The van der Waals surface area contributed by atoms with Crippen molar-refractivity contribution >= 4 is 23.9 Å². The van der Waals surface area contributed by atoms with Crippen molar-refractivity contribution < 1.29 is 44.3 Å². The number of hydrogen-bond acceptors (Lipinski definition) is 7. The van der Waals surface area contributed by atoms with Crippen molar-refractivity contribution in [2.45, 2.75) is 31.5 Å². The Balaban J connectivity index is 2.62. The van der Waals surface area contributed by atoms with Gasteiger partial charge < -0.3 is 25.2 Å². The zero-order valence-electron chi connectivity index (χ0n) is 14.2. The van der Waals surface area contributed by atoms with E-state index in [2.05, 4.69) is 0 Å². The maximum absolute atomic E-state index is 10.9. The molecule has 4 N–H and O–H groups in total. The molecule has 26 heavy (non-hydrogen) atoms. The molecule has 0 aromatic rings. The number of carboxylic acid groups (broad SMARTS) is 4. The van der Waals surface area contributed by atoms with Crippen molar-refractivity contribution in [1.29, 1.82) is 0 Å². The molecule has 1 aliphatic heterocycles. The number of hydrogen-bond donors (Lipinski definition) is 4. The molecule has 0 radical (unpaired) electrons. The van der Waals surface area contributed by atoms with Crippen molar-refractivity contribution in [2.24, 2.45) is 0 Å². The zero-order chi connectivity index (χ0) is 19.7. The molecule has 1 fully saturated rings. The maximum Gasteiger partial charge on any atom is 0.317 e. The molecule has 1 saturated heterocycles. The van der Waals surface area contributed by atoms with E-state index < -0.39 is 62.3 Å². The third-order valence-electron chi connectivity index (χ3n) is 3.80. The van der Waals surface area contributed by atoms with Crippen LogP contribution in [0.1, 0.15) is 19.3 Å². The van der Waals surface area contributed by atoms with E-state index >= 15 is 0 Å². The normalized spacial score (nSPS) is 20.2. The van der Waals surface area contributed by atoms with Crippen LogP contribution in [0.3, 0.4) is 0 Å². The fraction of sp³-hybridized carbons (Fsp3) is 0.733. The van der Waals surface area contributed by atoms with Gasteiger partial charge in [-0.15, -0.1) is 0 Å². The van der Waals surface area contributed by atoms with Gasteiger partial charge in [0.15, 0.2) is 0 Å². The van der Waals surface area contributed by atoms with Gasteiger partial charge >= 0.3 is 23.9 Å². The Bertz CT molecular complexity index is 449. The van der Waals surface area contributed by atoms with Crippen molar-refractivity contribution in [3.05, 3.63) is 0 Å². The van der Waals surface area contributed by atoms with E-state index in [0.717, 1.165) is 6.42 Å². The van der Waals surface area contributed by atoms with Crippen molar-refractivity contribution in [1.82, 2.24) is 9.80 Å². The average Bonchev–Trinajstić information content (AvgIpc) is 2.44. The van der Waals surface area contributed by atoms with E-state index in [1.54, 1.807) is 0 Å². The van der Waals surface area contributed by atoms with Crippen LogP contribution < -0.4 is 0 Å². The van der Waals surface area contributed by atoms with E-state index in [-0.39, 0.29) is 13.1 Å². The molecule has 0 aromatic carbocycles. The highest BCUT2D eigenvalue weighted by Crippen LogP contribution is 2.21. The standard InChI is InChI=1S/C15H24N2O9/c18-12(19)6-16(7-13(20)21)4-10-2-1-3-11(26-10)5-17(8-14(22)23)9-15(24)25/h10-11H,1-9H2,(H,18,19)(H,20,21)(H,22,23)(H,24,25). The highest BCUT2D eigenvalue weighted by Gasteiger charge is 2.28. The minimum atomic E-state index is -1.15. The smallest absolute Gasteiger partial charge is 0.317 e.